The Kier molecular flexibility index (Phi) is 3.81. The zero-order chi connectivity index (χ0) is 14.5. The van der Waals surface area contributed by atoms with E-state index in [2.05, 4.69) is 25.6 Å². The van der Waals surface area contributed by atoms with E-state index in [1.165, 1.54) is 18.3 Å². The number of nitrogens with one attached hydrogen (secondary N) is 1. The van der Waals surface area contributed by atoms with Gasteiger partial charge < -0.3 is 5.32 Å². The molecule has 0 aliphatic heterocycles. The number of benzene rings is 1. The molecule has 1 aromatic carbocycles. The SMILES string of the molecule is Fc1cccc(-c2cnnc(NCCn3cccn3)n2)c1. The lowest BCUT2D eigenvalue weighted by Gasteiger charge is -2.06. The van der Waals surface area contributed by atoms with Gasteiger partial charge in [0, 0.05) is 24.5 Å². The number of hydrogen-bond acceptors (Lipinski definition) is 5. The highest BCUT2D eigenvalue weighted by Gasteiger charge is 2.04. The average Bonchev–Trinajstić information content (AvgIpc) is 3.01. The predicted octanol–water partition coefficient (Wildman–Crippen LogP) is 1.99. The van der Waals surface area contributed by atoms with E-state index in [1.54, 1.807) is 23.0 Å². The highest BCUT2D eigenvalue weighted by molar-refractivity contribution is 5.58. The molecular formula is C14H13FN6. The summed E-state index contributed by atoms with van der Waals surface area (Å²) >= 11 is 0. The lowest BCUT2D eigenvalue weighted by molar-refractivity contribution is 0.628. The zero-order valence-electron chi connectivity index (χ0n) is 11.1. The van der Waals surface area contributed by atoms with Crippen LogP contribution < -0.4 is 5.32 Å². The first-order valence-electron chi connectivity index (χ1n) is 6.48. The third kappa shape index (κ3) is 3.38. The van der Waals surface area contributed by atoms with Crippen LogP contribution in [0.2, 0.25) is 0 Å². The van der Waals surface area contributed by atoms with Gasteiger partial charge in [-0.2, -0.15) is 10.2 Å². The van der Waals surface area contributed by atoms with Crippen LogP contribution in [-0.4, -0.2) is 31.5 Å². The second-order valence-electron chi connectivity index (χ2n) is 4.37. The Balaban J connectivity index is 1.68. The van der Waals surface area contributed by atoms with Crippen molar-refractivity contribution in [2.24, 2.45) is 0 Å². The third-order valence-corrected chi connectivity index (χ3v) is 2.86. The number of anilines is 1. The van der Waals surface area contributed by atoms with E-state index in [4.69, 9.17) is 0 Å². The van der Waals surface area contributed by atoms with Gasteiger partial charge in [-0.1, -0.05) is 12.1 Å². The molecule has 3 rings (SSSR count). The second kappa shape index (κ2) is 6.08. The molecule has 7 heteroatoms. The van der Waals surface area contributed by atoms with Crippen molar-refractivity contribution >= 4 is 5.95 Å². The van der Waals surface area contributed by atoms with Gasteiger partial charge in [0.15, 0.2) is 0 Å². The van der Waals surface area contributed by atoms with Gasteiger partial charge in [-0.25, -0.2) is 9.37 Å². The first kappa shape index (κ1) is 13.2. The first-order valence-corrected chi connectivity index (χ1v) is 6.48. The maximum atomic E-state index is 13.2. The van der Waals surface area contributed by atoms with Gasteiger partial charge >= 0.3 is 0 Å². The van der Waals surface area contributed by atoms with Crippen LogP contribution >= 0.6 is 0 Å². The molecule has 0 spiro atoms. The fourth-order valence-corrected chi connectivity index (χ4v) is 1.88. The quantitative estimate of drug-likeness (QED) is 0.776. The summed E-state index contributed by atoms with van der Waals surface area (Å²) in [6.07, 6.45) is 5.11. The number of nitrogens with zero attached hydrogens (tertiary/aromatic N) is 5. The van der Waals surface area contributed by atoms with Gasteiger partial charge in [0.2, 0.25) is 5.95 Å². The summed E-state index contributed by atoms with van der Waals surface area (Å²) < 4.78 is 15.0. The largest absolute Gasteiger partial charge is 0.351 e. The highest BCUT2D eigenvalue weighted by atomic mass is 19.1. The van der Waals surface area contributed by atoms with Crippen molar-refractivity contribution in [3.8, 4) is 11.3 Å². The van der Waals surface area contributed by atoms with Crippen LogP contribution in [0.25, 0.3) is 11.3 Å². The van der Waals surface area contributed by atoms with Gasteiger partial charge in [0.05, 0.1) is 18.4 Å². The van der Waals surface area contributed by atoms with Crippen molar-refractivity contribution in [2.75, 3.05) is 11.9 Å². The lowest BCUT2D eigenvalue weighted by Crippen LogP contribution is -2.13. The normalized spacial score (nSPS) is 10.5. The monoisotopic (exact) mass is 284 g/mol. The fourth-order valence-electron chi connectivity index (χ4n) is 1.88. The summed E-state index contributed by atoms with van der Waals surface area (Å²) in [5.41, 5.74) is 1.24. The molecule has 0 atom stereocenters. The van der Waals surface area contributed by atoms with E-state index in [9.17, 15) is 4.39 Å². The van der Waals surface area contributed by atoms with Gasteiger partial charge in [0.25, 0.3) is 0 Å². The molecule has 6 nitrogen and oxygen atoms in total. The fraction of sp³-hybridized carbons (Fsp3) is 0.143. The van der Waals surface area contributed by atoms with Gasteiger partial charge in [-0.05, 0) is 18.2 Å². The summed E-state index contributed by atoms with van der Waals surface area (Å²) in [6.45, 7) is 1.32. The van der Waals surface area contributed by atoms with Crippen molar-refractivity contribution in [3.05, 3.63) is 54.7 Å². The molecule has 106 valence electrons. The predicted molar refractivity (Wildman–Crippen MR) is 75.9 cm³/mol. The van der Waals surface area contributed by atoms with Crippen molar-refractivity contribution in [1.29, 1.82) is 0 Å². The van der Waals surface area contributed by atoms with Crippen LogP contribution in [0.15, 0.2) is 48.9 Å². The van der Waals surface area contributed by atoms with Gasteiger partial charge in [0.1, 0.15) is 5.82 Å². The Morgan fingerprint density at radius 1 is 1.24 bits per heavy atom. The summed E-state index contributed by atoms with van der Waals surface area (Å²) in [6, 6.07) is 8.08. The Hall–Kier alpha value is -2.83. The maximum Gasteiger partial charge on any atom is 0.243 e. The molecule has 3 aromatic rings. The van der Waals surface area contributed by atoms with Crippen LogP contribution in [0.5, 0.6) is 0 Å². The Labute approximate surface area is 120 Å². The van der Waals surface area contributed by atoms with Gasteiger partial charge in [-0.3, -0.25) is 4.68 Å². The maximum absolute atomic E-state index is 13.2. The van der Waals surface area contributed by atoms with Crippen molar-refractivity contribution in [2.45, 2.75) is 6.54 Å². The van der Waals surface area contributed by atoms with Crippen molar-refractivity contribution < 1.29 is 4.39 Å². The van der Waals surface area contributed by atoms with Crippen LogP contribution in [0.3, 0.4) is 0 Å². The number of hydrogen-bond donors (Lipinski definition) is 1. The lowest BCUT2D eigenvalue weighted by atomic mass is 10.2. The summed E-state index contributed by atoms with van der Waals surface area (Å²) in [5.74, 6) is 0.100. The molecular weight excluding hydrogens is 271 g/mol. The van der Waals surface area contributed by atoms with Gasteiger partial charge in [-0.15, -0.1) is 5.10 Å². The van der Waals surface area contributed by atoms with E-state index < -0.39 is 0 Å². The van der Waals surface area contributed by atoms with E-state index in [0.717, 1.165) is 0 Å². The molecule has 0 amide bonds. The number of halogens is 1. The van der Waals surface area contributed by atoms with Crippen LogP contribution in [0.4, 0.5) is 10.3 Å². The zero-order valence-corrected chi connectivity index (χ0v) is 11.1. The molecule has 0 saturated heterocycles. The number of rotatable bonds is 5. The topological polar surface area (TPSA) is 68.5 Å². The van der Waals surface area contributed by atoms with E-state index in [1.807, 2.05) is 12.3 Å². The Morgan fingerprint density at radius 3 is 3.00 bits per heavy atom. The third-order valence-electron chi connectivity index (χ3n) is 2.86. The molecule has 0 aliphatic rings. The molecule has 0 bridgehead atoms. The molecule has 0 saturated carbocycles. The highest BCUT2D eigenvalue weighted by Crippen LogP contribution is 2.17. The molecule has 21 heavy (non-hydrogen) atoms. The summed E-state index contributed by atoms with van der Waals surface area (Å²) in [4.78, 5) is 4.32. The molecule has 0 unspecified atom stereocenters. The molecule has 0 radical (unpaired) electrons. The summed E-state index contributed by atoms with van der Waals surface area (Å²) in [7, 11) is 0. The van der Waals surface area contributed by atoms with Crippen LogP contribution in [0.1, 0.15) is 0 Å². The minimum absolute atomic E-state index is 0.306. The van der Waals surface area contributed by atoms with E-state index in [-0.39, 0.29) is 5.82 Å². The minimum atomic E-state index is -0.306. The Bertz CT molecular complexity index is 713. The molecule has 2 heterocycles. The molecule has 0 aliphatic carbocycles. The van der Waals surface area contributed by atoms with Crippen LogP contribution in [0, 0.1) is 5.82 Å². The van der Waals surface area contributed by atoms with Crippen LogP contribution in [-0.2, 0) is 6.54 Å². The molecule has 1 N–H and O–H groups in total. The van der Waals surface area contributed by atoms with Crippen molar-refractivity contribution in [1.82, 2.24) is 25.0 Å². The smallest absolute Gasteiger partial charge is 0.243 e. The van der Waals surface area contributed by atoms with E-state index >= 15 is 0 Å². The minimum Gasteiger partial charge on any atom is -0.351 e. The Morgan fingerprint density at radius 2 is 2.19 bits per heavy atom. The molecule has 0 fully saturated rings. The second-order valence-corrected chi connectivity index (χ2v) is 4.37. The summed E-state index contributed by atoms with van der Waals surface area (Å²) in [5, 5.41) is 15.0. The number of aromatic nitrogens is 5. The molecule has 2 aromatic heterocycles. The average molecular weight is 284 g/mol. The first-order chi connectivity index (χ1) is 10.3. The van der Waals surface area contributed by atoms with Crippen molar-refractivity contribution in [3.63, 3.8) is 0 Å². The van der Waals surface area contributed by atoms with E-state index in [0.29, 0.717) is 30.3 Å². The standard InChI is InChI=1S/C14H13FN6/c15-12-4-1-3-11(9-12)13-10-17-20-14(19-13)16-6-8-21-7-2-5-18-21/h1-5,7,9-10H,6,8H2,(H,16,19,20).